The van der Waals surface area contributed by atoms with Crippen LogP contribution in [0.1, 0.15) is 10.9 Å². The van der Waals surface area contributed by atoms with E-state index in [0.29, 0.717) is 18.9 Å². The molecule has 2 aromatic carbocycles. The lowest BCUT2D eigenvalue weighted by atomic mass is 10.2. The Morgan fingerprint density at radius 1 is 1.00 bits per heavy atom. The first-order valence-electron chi connectivity index (χ1n) is 10.7. The van der Waals surface area contributed by atoms with Crippen LogP contribution < -0.4 is 9.47 Å². The molecule has 2 unspecified atom stereocenters. The Morgan fingerprint density at radius 3 is 2.64 bits per heavy atom. The van der Waals surface area contributed by atoms with Crippen LogP contribution >= 0.6 is 23.1 Å². The van der Waals surface area contributed by atoms with Crippen LogP contribution in [0.15, 0.2) is 78.3 Å². The Hall–Kier alpha value is -3.23. The number of rotatable bonds is 5. The molecule has 4 heterocycles. The first-order chi connectivity index (χ1) is 16.3. The summed E-state index contributed by atoms with van der Waals surface area (Å²) in [6, 6.07) is 21.8. The van der Waals surface area contributed by atoms with E-state index in [1.165, 1.54) is 0 Å². The standard InChI is InChI=1S/C25H21N3O3S2/c29-23-16-33-25(27(23)13-18-15-30-20-9-4-5-10-21(20)31-18)19-14-28(17-7-2-1-3-8-17)26-24(19)22-11-6-12-32-22/h1-12,14,18,25H,13,15-16H2. The van der Waals surface area contributed by atoms with Crippen LogP contribution in [0.5, 0.6) is 11.5 Å². The summed E-state index contributed by atoms with van der Waals surface area (Å²) in [5.41, 5.74) is 2.94. The zero-order valence-corrected chi connectivity index (χ0v) is 19.3. The van der Waals surface area contributed by atoms with Crippen LogP contribution in [-0.4, -0.2) is 45.6 Å². The summed E-state index contributed by atoms with van der Waals surface area (Å²) in [6.07, 6.45) is 1.83. The average molecular weight is 476 g/mol. The van der Waals surface area contributed by atoms with E-state index in [1.54, 1.807) is 23.1 Å². The summed E-state index contributed by atoms with van der Waals surface area (Å²) in [5, 5.41) is 6.84. The number of para-hydroxylation sites is 3. The third-order valence-corrected chi connectivity index (χ3v) is 7.83. The number of aromatic nitrogens is 2. The highest BCUT2D eigenvalue weighted by Crippen LogP contribution is 2.44. The number of benzene rings is 2. The summed E-state index contributed by atoms with van der Waals surface area (Å²) in [7, 11) is 0. The lowest BCUT2D eigenvalue weighted by Gasteiger charge is -2.31. The Bertz CT molecular complexity index is 1270. The number of hydrogen-bond acceptors (Lipinski definition) is 6. The predicted octanol–water partition coefficient (Wildman–Crippen LogP) is 5.01. The molecule has 6 nitrogen and oxygen atoms in total. The fourth-order valence-corrected chi connectivity index (χ4v) is 6.10. The van der Waals surface area contributed by atoms with Crippen molar-refractivity contribution < 1.29 is 14.3 Å². The lowest BCUT2D eigenvalue weighted by molar-refractivity contribution is -0.129. The van der Waals surface area contributed by atoms with Crippen molar-refractivity contribution in [3.05, 3.63) is 83.9 Å². The van der Waals surface area contributed by atoms with E-state index < -0.39 is 0 Å². The van der Waals surface area contributed by atoms with Crippen molar-refractivity contribution >= 4 is 29.0 Å². The Kier molecular flexibility index (Phi) is 5.32. The molecule has 6 rings (SSSR count). The van der Waals surface area contributed by atoms with Crippen molar-refractivity contribution in [2.75, 3.05) is 18.9 Å². The zero-order chi connectivity index (χ0) is 22.2. The highest BCUT2D eigenvalue weighted by molar-refractivity contribution is 8.00. The minimum atomic E-state index is -0.223. The number of nitrogens with zero attached hydrogens (tertiary/aromatic N) is 3. The third kappa shape index (κ3) is 3.89. The smallest absolute Gasteiger partial charge is 0.233 e. The molecule has 0 spiro atoms. The quantitative estimate of drug-likeness (QED) is 0.406. The number of carbonyl (C=O) groups excluding carboxylic acids is 1. The molecule has 33 heavy (non-hydrogen) atoms. The summed E-state index contributed by atoms with van der Waals surface area (Å²) >= 11 is 3.29. The first kappa shape index (κ1) is 20.4. The molecule has 166 valence electrons. The van der Waals surface area contributed by atoms with Gasteiger partial charge in [0.2, 0.25) is 5.91 Å². The van der Waals surface area contributed by atoms with Gasteiger partial charge in [0.25, 0.3) is 0 Å². The second-order valence-electron chi connectivity index (χ2n) is 7.90. The van der Waals surface area contributed by atoms with Gasteiger partial charge in [0.05, 0.1) is 22.9 Å². The molecule has 0 aliphatic carbocycles. The topological polar surface area (TPSA) is 56.6 Å². The van der Waals surface area contributed by atoms with Crippen LogP contribution in [0, 0.1) is 0 Å². The van der Waals surface area contributed by atoms with Crippen LogP contribution in [-0.2, 0) is 4.79 Å². The van der Waals surface area contributed by atoms with Gasteiger partial charge in [0, 0.05) is 11.8 Å². The van der Waals surface area contributed by atoms with Gasteiger partial charge in [-0.2, -0.15) is 5.10 Å². The molecular weight excluding hydrogens is 454 g/mol. The highest BCUT2D eigenvalue weighted by Gasteiger charge is 2.38. The molecule has 1 saturated heterocycles. The van der Waals surface area contributed by atoms with Gasteiger partial charge in [-0.05, 0) is 35.7 Å². The van der Waals surface area contributed by atoms with E-state index in [9.17, 15) is 4.79 Å². The Morgan fingerprint density at radius 2 is 1.82 bits per heavy atom. The van der Waals surface area contributed by atoms with Gasteiger partial charge in [-0.25, -0.2) is 4.68 Å². The normalized spacial score (nSPS) is 19.8. The molecule has 0 saturated carbocycles. The number of thiophene rings is 1. The van der Waals surface area contributed by atoms with E-state index in [4.69, 9.17) is 14.6 Å². The molecule has 4 aromatic rings. The summed E-state index contributed by atoms with van der Waals surface area (Å²) in [4.78, 5) is 15.9. The molecule has 2 atom stereocenters. The lowest BCUT2D eigenvalue weighted by Crippen LogP contribution is -2.42. The van der Waals surface area contributed by atoms with Gasteiger partial charge < -0.3 is 14.4 Å². The number of amides is 1. The van der Waals surface area contributed by atoms with E-state index in [-0.39, 0.29) is 17.4 Å². The molecule has 1 fully saturated rings. The molecule has 2 aliphatic heterocycles. The van der Waals surface area contributed by atoms with Crippen molar-refractivity contribution in [3.63, 3.8) is 0 Å². The third-order valence-electron chi connectivity index (χ3n) is 5.72. The van der Waals surface area contributed by atoms with Gasteiger partial charge in [-0.15, -0.1) is 23.1 Å². The van der Waals surface area contributed by atoms with Crippen LogP contribution in [0.3, 0.4) is 0 Å². The van der Waals surface area contributed by atoms with Gasteiger partial charge in [0.1, 0.15) is 17.7 Å². The molecule has 0 bridgehead atoms. The summed E-state index contributed by atoms with van der Waals surface area (Å²) < 4.78 is 13.9. The molecule has 1 amide bonds. The summed E-state index contributed by atoms with van der Waals surface area (Å²) in [5.74, 6) is 2.02. The minimum Gasteiger partial charge on any atom is -0.486 e. The molecule has 8 heteroatoms. The first-order valence-corrected chi connectivity index (χ1v) is 12.7. The molecule has 2 aromatic heterocycles. The monoisotopic (exact) mass is 475 g/mol. The van der Waals surface area contributed by atoms with Crippen molar-refractivity contribution in [2.24, 2.45) is 0 Å². The van der Waals surface area contributed by atoms with Crippen LogP contribution in [0.25, 0.3) is 16.3 Å². The summed E-state index contributed by atoms with van der Waals surface area (Å²) in [6.45, 7) is 0.879. The van der Waals surface area contributed by atoms with Crippen molar-refractivity contribution in [2.45, 2.75) is 11.5 Å². The molecule has 0 radical (unpaired) electrons. The number of thioether (sulfide) groups is 1. The SMILES string of the molecule is O=C1CSC(c2cn(-c3ccccc3)nc2-c2cccs2)N1CC1COc2ccccc2O1. The number of fused-ring (bicyclic) bond motifs is 1. The average Bonchev–Trinajstić information content (AvgIpc) is 3.60. The second kappa shape index (κ2) is 8.61. The Labute approximate surface area is 199 Å². The molecular formula is C25H21N3O3S2. The van der Waals surface area contributed by atoms with Gasteiger partial charge >= 0.3 is 0 Å². The van der Waals surface area contributed by atoms with E-state index in [0.717, 1.165) is 33.3 Å². The highest BCUT2D eigenvalue weighted by atomic mass is 32.2. The van der Waals surface area contributed by atoms with E-state index in [1.807, 2.05) is 70.2 Å². The Balaban J connectivity index is 1.32. The number of carbonyl (C=O) groups is 1. The molecule has 0 N–H and O–H groups in total. The number of ether oxygens (including phenoxy) is 2. The van der Waals surface area contributed by atoms with Gasteiger partial charge in [-0.3, -0.25) is 4.79 Å². The van der Waals surface area contributed by atoms with E-state index >= 15 is 0 Å². The fraction of sp³-hybridized carbons (Fsp3) is 0.200. The fourth-order valence-electron chi connectivity index (χ4n) is 4.17. The maximum atomic E-state index is 12.9. The zero-order valence-electron chi connectivity index (χ0n) is 17.7. The van der Waals surface area contributed by atoms with Crippen molar-refractivity contribution in [3.8, 4) is 27.8 Å². The minimum absolute atomic E-state index is 0.108. The largest absolute Gasteiger partial charge is 0.486 e. The maximum Gasteiger partial charge on any atom is 0.233 e. The van der Waals surface area contributed by atoms with Crippen LogP contribution in [0.4, 0.5) is 0 Å². The van der Waals surface area contributed by atoms with Crippen molar-refractivity contribution in [1.29, 1.82) is 0 Å². The van der Waals surface area contributed by atoms with E-state index in [2.05, 4.69) is 17.6 Å². The predicted molar refractivity (Wildman–Crippen MR) is 130 cm³/mol. The number of hydrogen-bond donors (Lipinski definition) is 0. The van der Waals surface area contributed by atoms with Crippen LogP contribution in [0.2, 0.25) is 0 Å². The second-order valence-corrected chi connectivity index (χ2v) is 9.91. The van der Waals surface area contributed by atoms with Gasteiger partial charge in [0.15, 0.2) is 17.6 Å². The molecule has 2 aliphatic rings. The van der Waals surface area contributed by atoms with Crippen molar-refractivity contribution in [1.82, 2.24) is 14.7 Å². The van der Waals surface area contributed by atoms with Gasteiger partial charge in [-0.1, -0.05) is 36.4 Å². The maximum absolute atomic E-state index is 12.9.